The average Bonchev–Trinajstić information content (AvgIpc) is 3.16. The van der Waals surface area contributed by atoms with E-state index < -0.39 is 12.6 Å². The Hall–Kier alpha value is -0.290. The van der Waals surface area contributed by atoms with E-state index in [1.807, 2.05) is 0 Å². The number of rotatable bonds is 4. The van der Waals surface area contributed by atoms with Crippen LogP contribution in [0.4, 0.5) is 13.2 Å². The van der Waals surface area contributed by atoms with Crippen LogP contribution < -0.4 is 5.32 Å². The van der Waals surface area contributed by atoms with E-state index in [0.29, 0.717) is 12.5 Å². The molecule has 5 heteroatoms. The van der Waals surface area contributed by atoms with Crippen molar-refractivity contribution in [3.05, 3.63) is 0 Å². The van der Waals surface area contributed by atoms with E-state index in [-0.39, 0.29) is 17.5 Å². The monoisotopic (exact) mass is 304 g/mol. The van der Waals surface area contributed by atoms with Crippen LogP contribution in [-0.2, 0) is 0 Å². The highest BCUT2D eigenvalue weighted by atomic mass is 19.4. The van der Waals surface area contributed by atoms with E-state index >= 15 is 0 Å². The van der Waals surface area contributed by atoms with Gasteiger partial charge in [-0.3, -0.25) is 4.90 Å². The molecule has 21 heavy (non-hydrogen) atoms. The summed E-state index contributed by atoms with van der Waals surface area (Å²) in [6, 6.07) is 0. The second-order valence-electron chi connectivity index (χ2n) is 7.61. The molecule has 1 unspecified atom stereocenters. The molecule has 122 valence electrons. The van der Waals surface area contributed by atoms with Crippen molar-refractivity contribution in [2.45, 2.75) is 75.5 Å². The maximum absolute atomic E-state index is 12.4. The molecule has 0 bridgehead atoms. The lowest BCUT2D eigenvalue weighted by atomic mass is 9.83. The first-order valence-electron chi connectivity index (χ1n) is 8.40. The van der Waals surface area contributed by atoms with Gasteiger partial charge < -0.3 is 5.32 Å². The van der Waals surface area contributed by atoms with Gasteiger partial charge in [0.25, 0.3) is 0 Å². The van der Waals surface area contributed by atoms with Crippen LogP contribution in [0.3, 0.4) is 0 Å². The molecule has 1 aliphatic heterocycles. The largest absolute Gasteiger partial charge is 0.389 e. The summed E-state index contributed by atoms with van der Waals surface area (Å²) in [4.78, 5) is 2.40. The number of nitrogens with one attached hydrogen (secondary N) is 1. The SMILES string of the molecule is CC1(C2CC2)CNC2(CCCC2)CN1CCCC(F)(F)F. The summed E-state index contributed by atoms with van der Waals surface area (Å²) in [6.45, 7) is 4.74. The fraction of sp³-hybridized carbons (Fsp3) is 1.00. The predicted molar refractivity (Wildman–Crippen MR) is 77.2 cm³/mol. The maximum atomic E-state index is 12.4. The molecule has 1 spiro atoms. The first-order chi connectivity index (χ1) is 9.83. The van der Waals surface area contributed by atoms with Crippen LogP contribution in [0.1, 0.15) is 58.3 Å². The van der Waals surface area contributed by atoms with Gasteiger partial charge in [-0.1, -0.05) is 12.8 Å². The van der Waals surface area contributed by atoms with Gasteiger partial charge in [-0.05, 0) is 51.5 Å². The lowest BCUT2D eigenvalue weighted by molar-refractivity contribution is -0.137. The van der Waals surface area contributed by atoms with Gasteiger partial charge in [0.15, 0.2) is 0 Å². The topological polar surface area (TPSA) is 15.3 Å². The van der Waals surface area contributed by atoms with E-state index in [0.717, 1.165) is 13.1 Å². The summed E-state index contributed by atoms with van der Waals surface area (Å²) in [5, 5.41) is 3.78. The molecule has 3 aliphatic rings. The number of hydrogen-bond donors (Lipinski definition) is 1. The van der Waals surface area contributed by atoms with Gasteiger partial charge in [0.1, 0.15) is 0 Å². The molecule has 2 aliphatic carbocycles. The van der Waals surface area contributed by atoms with Gasteiger partial charge in [0.05, 0.1) is 0 Å². The number of nitrogens with zero attached hydrogens (tertiary/aromatic N) is 1. The normalized spacial score (nSPS) is 33.7. The van der Waals surface area contributed by atoms with E-state index in [4.69, 9.17) is 0 Å². The van der Waals surface area contributed by atoms with Crippen molar-refractivity contribution in [3.8, 4) is 0 Å². The Kier molecular flexibility index (Phi) is 4.02. The van der Waals surface area contributed by atoms with Crippen molar-refractivity contribution in [2.75, 3.05) is 19.6 Å². The summed E-state index contributed by atoms with van der Waals surface area (Å²) < 4.78 is 37.3. The molecule has 3 fully saturated rings. The summed E-state index contributed by atoms with van der Waals surface area (Å²) in [5.74, 6) is 0.676. The molecule has 0 aromatic carbocycles. The Morgan fingerprint density at radius 1 is 1.19 bits per heavy atom. The molecule has 1 heterocycles. The quantitative estimate of drug-likeness (QED) is 0.851. The third-order valence-corrected chi connectivity index (χ3v) is 5.94. The van der Waals surface area contributed by atoms with Crippen molar-refractivity contribution in [1.82, 2.24) is 10.2 Å². The highest BCUT2D eigenvalue weighted by molar-refractivity contribution is 5.10. The lowest BCUT2D eigenvalue weighted by Gasteiger charge is -2.53. The Bertz CT molecular complexity index is 372. The van der Waals surface area contributed by atoms with Gasteiger partial charge >= 0.3 is 6.18 Å². The summed E-state index contributed by atoms with van der Waals surface area (Å²) >= 11 is 0. The minimum atomic E-state index is -4.02. The Morgan fingerprint density at radius 3 is 2.43 bits per heavy atom. The van der Waals surface area contributed by atoms with E-state index in [2.05, 4.69) is 17.1 Å². The van der Waals surface area contributed by atoms with Gasteiger partial charge in [-0.25, -0.2) is 0 Å². The fourth-order valence-electron chi connectivity index (χ4n) is 4.38. The second-order valence-corrected chi connectivity index (χ2v) is 7.61. The van der Waals surface area contributed by atoms with E-state index in [1.54, 1.807) is 0 Å². The molecular weight excluding hydrogens is 277 g/mol. The minimum absolute atomic E-state index is 0.0689. The summed E-state index contributed by atoms with van der Waals surface area (Å²) in [6.07, 6.45) is 2.92. The number of hydrogen-bond acceptors (Lipinski definition) is 2. The van der Waals surface area contributed by atoms with Crippen LogP contribution >= 0.6 is 0 Å². The Morgan fingerprint density at radius 2 is 1.86 bits per heavy atom. The zero-order valence-electron chi connectivity index (χ0n) is 12.9. The van der Waals surface area contributed by atoms with Crippen LogP contribution in [0.15, 0.2) is 0 Å². The van der Waals surface area contributed by atoms with Crippen molar-refractivity contribution in [3.63, 3.8) is 0 Å². The molecule has 0 aromatic rings. The molecular formula is C16H27F3N2. The second kappa shape index (κ2) is 5.41. The lowest BCUT2D eigenvalue weighted by Crippen LogP contribution is -2.69. The summed E-state index contributed by atoms with van der Waals surface area (Å²) in [5.41, 5.74) is 0.256. The molecule has 3 rings (SSSR count). The third kappa shape index (κ3) is 3.39. The number of halogens is 3. The molecule has 0 amide bonds. The zero-order valence-corrected chi connectivity index (χ0v) is 12.9. The van der Waals surface area contributed by atoms with Gasteiger partial charge in [0, 0.05) is 30.6 Å². The van der Waals surface area contributed by atoms with E-state index in [1.165, 1.54) is 38.5 Å². The highest BCUT2D eigenvalue weighted by Crippen LogP contribution is 2.47. The van der Waals surface area contributed by atoms with Crippen LogP contribution in [0.2, 0.25) is 0 Å². The molecule has 1 atom stereocenters. The molecule has 0 aromatic heterocycles. The Labute approximate surface area is 125 Å². The first kappa shape index (κ1) is 15.6. The van der Waals surface area contributed by atoms with Crippen molar-refractivity contribution >= 4 is 0 Å². The summed E-state index contributed by atoms with van der Waals surface area (Å²) in [7, 11) is 0. The Balaban J connectivity index is 1.65. The fourth-order valence-corrected chi connectivity index (χ4v) is 4.38. The van der Waals surface area contributed by atoms with Crippen molar-refractivity contribution in [1.29, 1.82) is 0 Å². The van der Waals surface area contributed by atoms with Gasteiger partial charge in [-0.15, -0.1) is 0 Å². The van der Waals surface area contributed by atoms with Crippen LogP contribution in [-0.4, -0.2) is 41.8 Å². The molecule has 2 nitrogen and oxygen atoms in total. The van der Waals surface area contributed by atoms with Crippen LogP contribution in [0, 0.1) is 5.92 Å². The maximum Gasteiger partial charge on any atom is 0.389 e. The standard InChI is InChI=1S/C16H27F3N2/c1-14(13-5-6-13)11-20-15(7-2-3-8-15)12-21(14)10-4-9-16(17,18)19/h13,20H,2-12H2,1H3. The van der Waals surface area contributed by atoms with Crippen molar-refractivity contribution in [2.24, 2.45) is 5.92 Å². The molecule has 1 saturated heterocycles. The smallest absolute Gasteiger partial charge is 0.308 e. The highest BCUT2D eigenvalue weighted by Gasteiger charge is 2.52. The van der Waals surface area contributed by atoms with Crippen molar-refractivity contribution < 1.29 is 13.2 Å². The molecule has 0 radical (unpaired) electrons. The number of alkyl halides is 3. The van der Waals surface area contributed by atoms with Crippen LogP contribution in [0.25, 0.3) is 0 Å². The average molecular weight is 304 g/mol. The van der Waals surface area contributed by atoms with E-state index in [9.17, 15) is 13.2 Å². The van der Waals surface area contributed by atoms with Gasteiger partial charge in [0.2, 0.25) is 0 Å². The first-order valence-corrected chi connectivity index (χ1v) is 8.40. The molecule has 2 saturated carbocycles. The number of piperazine rings is 1. The predicted octanol–water partition coefficient (Wildman–Crippen LogP) is 3.72. The third-order valence-electron chi connectivity index (χ3n) is 5.94. The molecule has 1 N–H and O–H groups in total. The minimum Gasteiger partial charge on any atom is -0.308 e. The van der Waals surface area contributed by atoms with Crippen LogP contribution in [0.5, 0.6) is 0 Å². The zero-order chi connectivity index (χ0) is 15.1. The van der Waals surface area contributed by atoms with Gasteiger partial charge in [-0.2, -0.15) is 13.2 Å².